The highest BCUT2D eigenvalue weighted by atomic mass is 16.3. The number of hydrogen-bond donors (Lipinski definition) is 2. The fourth-order valence-electron chi connectivity index (χ4n) is 2.89. The van der Waals surface area contributed by atoms with Crippen LogP contribution in [0.3, 0.4) is 0 Å². The topological polar surface area (TPSA) is 32.3 Å². The minimum atomic E-state index is 0.343. The second-order valence-corrected chi connectivity index (χ2v) is 4.99. The molecule has 0 spiro atoms. The summed E-state index contributed by atoms with van der Waals surface area (Å²) in [5.41, 5.74) is 2.27. The molecule has 0 aromatic heterocycles. The van der Waals surface area contributed by atoms with Crippen LogP contribution in [0.25, 0.3) is 0 Å². The normalized spacial score (nSPS) is 30.9. The second kappa shape index (κ2) is 3.55. The van der Waals surface area contributed by atoms with E-state index in [-0.39, 0.29) is 0 Å². The van der Waals surface area contributed by atoms with Crippen molar-refractivity contribution in [1.29, 1.82) is 0 Å². The van der Waals surface area contributed by atoms with Crippen molar-refractivity contribution in [2.75, 3.05) is 5.32 Å². The maximum absolute atomic E-state index is 9.35. The Balaban J connectivity index is 1.73. The summed E-state index contributed by atoms with van der Waals surface area (Å²) in [6, 6.07) is 6.11. The van der Waals surface area contributed by atoms with Crippen molar-refractivity contribution >= 4 is 5.69 Å². The van der Waals surface area contributed by atoms with Gasteiger partial charge in [0.2, 0.25) is 0 Å². The molecule has 3 unspecified atom stereocenters. The fourth-order valence-corrected chi connectivity index (χ4v) is 2.89. The first kappa shape index (κ1) is 9.76. The summed E-state index contributed by atoms with van der Waals surface area (Å²) in [7, 11) is 0. The molecule has 84 valence electrons. The van der Waals surface area contributed by atoms with Gasteiger partial charge < -0.3 is 10.4 Å². The zero-order valence-electron chi connectivity index (χ0n) is 9.48. The third-order valence-electron chi connectivity index (χ3n) is 3.91. The SMILES string of the molecule is Cc1cc(O)ccc1NC1CC2CC=CC21. The number of benzene rings is 1. The number of nitrogens with one attached hydrogen (secondary N) is 1. The monoisotopic (exact) mass is 215 g/mol. The third kappa shape index (κ3) is 1.49. The van der Waals surface area contributed by atoms with Gasteiger partial charge in [0.05, 0.1) is 0 Å². The minimum Gasteiger partial charge on any atom is -0.508 e. The smallest absolute Gasteiger partial charge is 0.115 e. The van der Waals surface area contributed by atoms with Crippen LogP contribution in [0.4, 0.5) is 5.69 Å². The standard InChI is InChI=1S/C14H17NO/c1-9-7-11(16)5-6-13(9)15-14-8-10-3-2-4-12(10)14/h2,4-7,10,12,14-16H,3,8H2,1H3. The van der Waals surface area contributed by atoms with Crippen molar-refractivity contribution in [2.24, 2.45) is 11.8 Å². The maximum atomic E-state index is 9.35. The lowest BCUT2D eigenvalue weighted by atomic mass is 9.71. The number of phenolic OH excluding ortho intramolecular Hbond substituents is 1. The van der Waals surface area contributed by atoms with Gasteiger partial charge in [-0.15, -0.1) is 0 Å². The Labute approximate surface area is 96.0 Å². The van der Waals surface area contributed by atoms with E-state index in [0.29, 0.717) is 11.8 Å². The van der Waals surface area contributed by atoms with Crippen molar-refractivity contribution in [2.45, 2.75) is 25.8 Å². The molecule has 3 atom stereocenters. The molecule has 16 heavy (non-hydrogen) atoms. The highest BCUT2D eigenvalue weighted by molar-refractivity contribution is 5.54. The molecular weight excluding hydrogens is 198 g/mol. The summed E-state index contributed by atoms with van der Waals surface area (Å²) >= 11 is 0. The number of fused-ring (bicyclic) bond motifs is 1. The summed E-state index contributed by atoms with van der Waals surface area (Å²) in [4.78, 5) is 0. The first-order chi connectivity index (χ1) is 7.74. The number of aromatic hydroxyl groups is 1. The van der Waals surface area contributed by atoms with Crippen molar-refractivity contribution < 1.29 is 5.11 Å². The molecule has 3 rings (SSSR count). The van der Waals surface area contributed by atoms with Crippen molar-refractivity contribution in [1.82, 2.24) is 0 Å². The molecule has 0 aliphatic heterocycles. The zero-order valence-corrected chi connectivity index (χ0v) is 9.48. The Morgan fingerprint density at radius 3 is 3.00 bits per heavy atom. The molecule has 1 aromatic rings. The Morgan fingerprint density at radius 2 is 2.25 bits per heavy atom. The van der Waals surface area contributed by atoms with Gasteiger partial charge in [0.25, 0.3) is 0 Å². The Kier molecular flexibility index (Phi) is 2.16. The summed E-state index contributed by atoms with van der Waals surface area (Å²) in [5.74, 6) is 1.96. The first-order valence-electron chi connectivity index (χ1n) is 5.97. The fraction of sp³-hybridized carbons (Fsp3) is 0.429. The molecule has 1 saturated carbocycles. The number of anilines is 1. The molecule has 2 aliphatic carbocycles. The van der Waals surface area contributed by atoms with E-state index in [1.54, 1.807) is 6.07 Å². The largest absolute Gasteiger partial charge is 0.508 e. The molecule has 2 N–H and O–H groups in total. The number of aryl methyl sites for hydroxylation is 1. The lowest BCUT2D eigenvalue weighted by Crippen LogP contribution is -2.43. The Bertz CT molecular complexity index is 438. The van der Waals surface area contributed by atoms with Gasteiger partial charge in [0.15, 0.2) is 0 Å². The van der Waals surface area contributed by atoms with Crippen LogP contribution in [-0.2, 0) is 0 Å². The molecule has 0 bridgehead atoms. The van der Waals surface area contributed by atoms with Crippen LogP contribution in [0.2, 0.25) is 0 Å². The van der Waals surface area contributed by atoms with Crippen LogP contribution in [0.15, 0.2) is 30.4 Å². The molecule has 1 aromatic carbocycles. The number of phenols is 1. The van der Waals surface area contributed by atoms with Crippen LogP contribution < -0.4 is 5.32 Å². The van der Waals surface area contributed by atoms with Crippen LogP contribution in [0, 0.1) is 18.8 Å². The summed E-state index contributed by atoms with van der Waals surface area (Å²) in [6.45, 7) is 2.03. The average molecular weight is 215 g/mol. The molecule has 2 nitrogen and oxygen atoms in total. The summed E-state index contributed by atoms with van der Waals surface area (Å²) in [6.07, 6.45) is 7.19. The van der Waals surface area contributed by atoms with Crippen molar-refractivity contribution in [3.63, 3.8) is 0 Å². The number of rotatable bonds is 2. The van der Waals surface area contributed by atoms with E-state index in [1.807, 2.05) is 19.1 Å². The summed E-state index contributed by atoms with van der Waals surface area (Å²) < 4.78 is 0. The predicted octanol–water partition coefficient (Wildman–Crippen LogP) is 3.08. The van der Waals surface area contributed by atoms with Gasteiger partial charge in [-0.25, -0.2) is 0 Å². The molecule has 0 saturated heterocycles. The third-order valence-corrected chi connectivity index (χ3v) is 3.91. The van der Waals surface area contributed by atoms with Gasteiger partial charge in [0, 0.05) is 17.6 Å². The van der Waals surface area contributed by atoms with Gasteiger partial charge in [-0.3, -0.25) is 0 Å². The van der Waals surface area contributed by atoms with Crippen molar-refractivity contribution in [3.05, 3.63) is 35.9 Å². The molecular formula is C14H17NO. The van der Waals surface area contributed by atoms with E-state index in [4.69, 9.17) is 0 Å². The molecule has 2 heteroatoms. The quantitative estimate of drug-likeness (QED) is 0.587. The number of hydrogen-bond acceptors (Lipinski definition) is 2. The zero-order chi connectivity index (χ0) is 11.1. The van der Waals surface area contributed by atoms with E-state index >= 15 is 0 Å². The Hall–Kier alpha value is -1.44. The maximum Gasteiger partial charge on any atom is 0.115 e. The van der Waals surface area contributed by atoms with Gasteiger partial charge in [0.1, 0.15) is 5.75 Å². The highest BCUT2D eigenvalue weighted by Crippen LogP contribution is 2.44. The van der Waals surface area contributed by atoms with Gasteiger partial charge in [-0.2, -0.15) is 0 Å². The molecule has 0 amide bonds. The molecule has 1 fully saturated rings. The molecule has 2 aliphatic rings. The average Bonchev–Trinajstić information content (AvgIpc) is 2.59. The van der Waals surface area contributed by atoms with Crippen LogP contribution >= 0.6 is 0 Å². The first-order valence-corrected chi connectivity index (χ1v) is 5.97. The lowest BCUT2D eigenvalue weighted by molar-refractivity contribution is 0.218. The molecule has 0 heterocycles. The van der Waals surface area contributed by atoms with E-state index in [9.17, 15) is 5.11 Å². The van der Waals surface area contributed by atoms with Gasteiger partial charge in [-0.1, -0.05) is 12.2 Å². The predicted molar refractivity (Wildman–Crippen MR) is 65.6 cm³/mol. The van der Waals surface area contributed by atoms with Crippen LogP contribution in [0.5, 0.6) is 5.75 Å². The Morgan fingerprint density at radius 1 is 1.38 bits per heavy atom. The number of allylic oxidation sites excluding steroid dienone is 1. The summed E-state index contributed by atoms with van der Waals surface area (Å²) in [5, 5.41) is 12.9. The van der Waals surface area contributed by atoms with Gasteiger partial charge >= 0.3 is 0 Å². The van der Waals surface area contributed by atoms with E-state index in [2.05, 4.69) is 17.5 Å². The van der Waals surface area contributed by atoms with E-state index in [0.717, 1.165) is 23.1 Å². The van der Waals surface area contributed by atoms with Gasteiger partial charge in [-0.05, 0) is 49.4 Å². The second-order valence-electron chi connectivity index (χ2n) is 4.99. The molecule has 0 radical (unpaired) electrons. The minimum absolute atomic E-state index is 0.343. The lowest BCUT2D eigenvalue weighted by Gasteiger charge is -2.41. The van der Waals surface area contributed by atoms with Crippen LogP contribution in [-0.4, -0.2) is 11.1 Å². The van der Waals surface area contributed by atoms with Crippen molar-refractivity contribution in [3.8, 4) is 5.75 Å². The highest BCUT2D eigenvalue weighted by Gasteiger charge is 2.40. The van der Waals surface area contributed by atoms with Crippen LogP contribution in [0.1, 0.15) is 18.4 Å². The van der Waals surface area contributed by atoms with E-state index in [1.165, 1.54) is 12.8 Å². The van der Waals surface area contributed by atoms with E-state index < -0.39 is 0 Å².